The molecule has 0 aliphatic heterocycles. The fraction of sp³-hybridized carbons (Fsp3) is 0.222. The molecule has 2 rings (SSSR count). The maximum atomic E-state index is 12.6. The first-order valence-electron chi connectivity index (χ1n) is 4.53. The van der Waals surface area contributed by atoms with E-state index >= 15 is 0 Å². The number of halogens is 2. The highest BCUT2D eigenvalue weighted by Crippen LogP contribution is 2.34. The molecule has 6 nitrogen and oxygen atoms in total. The van der Waals surface area contributed by atoms with Gasteiger partial charge >= 0.3 is 5.69 Å². The minimum absolute atomic E-state index is 0.0780. The van der Waals surface area contributed by atoms with Gasteiger partial charge in [-0.15, -0.1) is 0 Å². The number of nitrogens with zero attached hydrogens (tertiary/aromatic N) is 2. The second-order valence-electron chi connectivity index (χ2n) is 3.24. The molecule has 0 aliphatic carbocycles. The quantitative estimate of drug-likeness (QED) is 0.663. The van der Waals surface area contributed by atoms with Crippen LogP contribution in [0.15, 0.2) is 12.1 Å². The highest BCUT2D eigenvalue weighted by molar-refractivity contribution is 5.86. The number of hydrogen-bond acceptors (Lipinski definition) is 4. The Morgan fingerprint density at radius 2 is 2.24 bits per heavy atom. The van der Waals surface area contributed by atoms with Crippen molar-refractivity contribution in [1.29, 1.82) is 0 Å². The summed E-state index contributed by atoms with van der Waals surface area (Å²) < 4.78 is 29.9. The van der Waals surface area contributed by atoms with Crippen molar-refractivity contribution >= 4 is 16.6 Å². The van der Waals surface area contributed by atoms with Crippen molar-refractivity contribution in [1.82, 2.24) is 10.2 Å². The molecule has 8 heteroatoms. The van der Waals surface area contributed by atoms with Gasteiger partial charge in [0.25, 0.3) is 6.43 Å². The van der Waals surface area contributed by atoms with Crippen LogP contribution in [-0.4, -0.2) is 22.2 Å². The number of methoxy groups -OCH3 is 1. The normalized spacial score (nSPS) is 11.1. The number of nitro groups is 1. The largest absolute Gasteiger partial charge is 0.490 e. The van der Waals surface area contributed by atoms with Gasteiger partial charge in [0, 0.05) is 11.5 Å². The van der Waals surface area contributed by atoms with E-state index in [9.17, 15) is 18.9 Å². The molecule has 0 saturated carbocycles. The van der Waals surface area contributed by atoms with Gasteiger partial charge < -0.3 is 4.74 Å². The van der Waals surface area contributed by atoms with Crippen molar-refractivity contribution in [3.05, 3.63) is 27.9 Å². The third-order valence-electron chi connectivity index (χ3n) is 2.30. The summed E-state index contributed by atoms with van der Waals surface area (Å²) in [6.45, 7) is 0. The molecule has 0 bridgehead atoms. The van der Waals surface area contributed by atoms with Gasteiger partial charge in [0.05, 0.1) is 17.5 Å². The van der Waals surface area contributed by atoms with Gasteiger partial charge in [0.15, 0.2) is 5.75 Å². The maximum absolute atomic E-state index is 12.6. The first kappa shape index (κ1) is 11.2. The maximum Gasteiger partial charge on any atom is 0.313 e. The number of benzene rings is 1. The number of aromatic amines is 1. The third-order valence-corrected chi connectivity index (χ3v) is 2.30. The predicted molar refractivity (Wildman–Crippen MR) is 54.3 cm³/mol. The Hall–Kier alpha value is -2.25. The summed E-state index contributed by atoms with van der Waals surface area (Å²) in [5.74, 6) is -0.0780. The van der Waals surface area contributed by atoms with Crippen LogP contribution in [0, 0.1) is 10.1 Å². The molecule has 0 spiro atoms. The van der Waals surface area contributed by atoms with E-state index in [0.717, 1.165) is 6.07 Å². The van der Waals surface area contributed by atoms with Crippen LogP contribution in [0.1, 0.15) is 12.1 Å². The Labute approximate surface area is 93.3 Å². The van der Waals surface area contributed by atoms with Crippen LogP contribution in [0.3, 0.4) is 0 Å². The zero-order valence-corrected chi connectivity index (χ0v) is 8.61. The van der Waals surface area contributed by atoms with E-state index in [1.807, 2.05) is 0 Å². The van der Waals surface area contributed by atoms with Crippen LogP contribution >= 0.6 is 0 Å². The van der Waals surface area contributed by atoms with E-state index in [0.29, 0.717) is 0 Å². The van der Waals surface area contributed by atoms with Crippen molar-refractivity contribution < 1.29 is 18.4 Å². The van der Waals surface area contributed by atoms with Crippen LogP contribution in [0.4, 0.5) is 14.5 Å². The average Bonchev–Trinajstić information content (AvgIpc) is 2.69. The molecular formula is C9H7F2N3O3. The molecule has 1 aromatic carbocycles. The molecule has 0 fully saturated rings. The number of ether oxygens (including phenoxy) is 1. The molecule has 0 aliphatic rings. The van der Waals surface area contributed by atoms with Crippen LogP contribution < -0.4 is 4.74 Å². The average molecular weight is 243 g/mol. The lowest BCUT2D eigenvalue weighted by Crippen LogP contribution is -1.94. The van der Waals surface area contributed by atoms with Crippen LogP contribution in [0.2, 0.25) is 0 Å². The molecule has 90 valence electrons. The van der Waals surface area contributed by atoms with Gasteiger partial charge in [-0.05, 0) is 6.07 Å². The standard InChI is InChI=1S/C9H7F2N3O3/c1-17-7-2-4-5(3-6(7)14(15)16)12-13-8(4)9(10)11/h2-3,9H,1H3,(H,12,13). The molecular weight excluding hydrogens is 236 g/mol. The SMILES string of the molecule is COc1cc2c(C(F)F)[nH]nc2cc1[N+](=O)[O-]. The lowest BCUT2D eigenvalue weighted by Gasteiger charge is -2.02. The summed E-state index contributed by atoms with van der Waals surface area (Å²) >= 11 is 0. The molecule has 0 radical (unpaired) electrons. The summed E-state index contributed by atoms with van der Waals surface area (Å²) in [4.78, 5) is 10.0. The summed E-state index contributed by atoms with van der Waals surface area (Å²) in [5, 5.41) is 16.6. The number of fused-ring (bicyclic) bond motifs is 1. The molecule has 0 saturated heterocycles. The molecule has 1 aromatic heterocycles. The second kappa shape index (κ2) is 3.96. The van der Waals surface area contributed by atoms with E-state index in [1.165, 1.54) is 13.2 Å². The lowest BCUT2D eigenvalue weighted by molar-refractivity contribution is -0.385. The number of H-pyrrole nitrogens is 1. The second-order valence-corrected chi connectivity index (χ2v) is 3.24. The summed E-state index contributed by atoms with van der Waals surface area (Å²) in [6, 6.07) is 2.27. The number of nitrogens with one attached hydrogen (secondary N) is 1. The summed E-state index contributed by atoms with van der Waals surface area (Å²) in [5.41, 5.74) is -0.590. The molecule has 2 aromatic rings. The molecule has 1 N–H and O–H groups in total. The summed E-state index contributed by atoms with van der Waals surface area (Å²) in [6.07, 6.45) is -2.73. The minimum atomic E-state index is -2.73. The number of alkyl halides is 2. The smallest absolute Gasteiger partial charge is 0.313 e. The van der Waals surface area contributed by atoms with Crippen LogP contribution in [0.25, 0.3) is 10.9 Å². The highest BCUT2D eigenvalue weighted by Gasteiger charge is 2.21. The van der Waals surface area contributed by atoms with Gasteiger partial charge in [-0.1, -0.05) is 0 Å². The first-order chi connectivity index (χ1) is 8.04. The van der Waals surface area contributed by atoms with Crippen molar-refractivity contribution in [2.45, 2.75) is 6.43 Å². The predicted octanol–water partition coefficient (Wildman–Crippen LogP) is 2.42. The van der Waals surface area contributed by atoms with Gasteiger partial charge in [0.2, 0.25) is 0 Å². The molecule has 0 unspecified atom stereocenters. The van der Waals surface area contributed by atoms with E-state index in [-0.39, 0.29) is 28.0 Å². The lowest BCUT2D eigenvalue weighted by atomic mass is 10.2. The molecule has 1 heterocycles. The zero-order valence-electron chi connectivity index (χ0n) is 8.61. The van der Waals surface area contributed by atoms with Crippen LogP contribution in [0.5, 0.6) is 5.75 Å². The van der Waals surface area contributed by atoms with Gasteiger partial charge in [-0.3, -0.25) is 15.2 Å². The Morgan fingerprint density at radius 1 is 1.53 bits per heavy atom. The minimum Gasteiger partial charge on any atom is -0.490 e. The van der Waals surface area contributed by atoms with E-state index in [1.54, 1.807) is 0 Å². The topological polar surface area (TPSA) is 81.0 Å². The summed E-state index contributed by atoms with van der Waals surface area (Å²) in [7, 11) is 1.23. The Balaban J connectivity index is 2.71. The molecule has 0 amide bonds. The van der Waals surface area contributed by atoms with Gasteiger partial charge in [0.1, 0.15) is 5.69 Å². The van der Waals surface area contributed by atoms with Crippen molar-refractivity contribution in [2.75, 3.05) is 7.11 Å². The fourth-order valence-corrected chi connectivity index (χ4v) is 1.52. The Kier molecular flexibility index (Phi) is 2.62. The third kappa shape index (κ3) is 1.77. The van der Waals surface area contributed by atoms with E-state index in [2.05, 4.69) is 10.2 Å². The van der Waals surface area contributed by atoms with E-state index < -0.39 is 11.3 Å². The number of nitro benzene ring substituents is 1. The number of hydrogen-bond donors (Lipinski definition) is 1. The fourth-order valence-electron chi connectivity index (χ4n) is 1.52. The number of aromatic nitrogens is 2. The van der Waals surface area contributed by atoms with Gasteiger partial charge in [-0.25, -0.2) is 8.78 Å². The first-order valence-corrected chi connectivity index (χ1v) is 4.53. The Bertz CT molecular complexity index is 582. The van der Waals surface area contributed by atoms with Gasteiger partial charge in [-0.2, -0.15) is 5.10 Å². The van der Waals surface area contributed by atoms with Crippen molar-refractivity contribution in [2.24, 2.45) is 0 Å². The number of rotatable bonds is 3. The Morgan fingerprint density at radius 3 is 2.76 bits per heavy atom. The monoisotopic (exact) mass is 243 g/mol. The molecule has 17 heavy (non-hydrogen) atoms. The van der Waals surface area contributed by atoms with Crippen molar-refractivity contribution in [3.63, 3.8) is 0 Å². The molecule has 0 atom stereocenters. The van der Waals surface area contributed by atoms with Crippen molar-refractivity contribution in [3.8, 4) is 5.75 Å². The van der Waals surface area contributed by atoms with Crippen LogP contribution in [-0.2, 0) is 0 Å². The highest BCUT2D eigenvalue weighted by atomic mass is 19.3. The zero-order chi connectivity index (χ0) is 12.6. The van der Waals surface area contributed by atoms with E-state index in [4.69, 9.17) is 4.74 Å².